The van der Waals surface area contributed by atoms with E-state index >= 15 is 0 Å². The number of benzene rings is 2. The molecule has 0 aliphatic carbocycles. The lowest BCUT2D eigenvalue weighted by molar-refractivity contribution is -0.123. The van der Waals surface area contributed by atoms with E-state index in [1.807, 2.05) is 0 Å². The molecule has 0 aromatic heterocycles. The summed E-state index contributed by atoms with van der Waals surface area (Å²) in [6.45, 7) is 1.01. The van der Waals surface area contributed by atoms with E-state index in [2.05, 4.69) is 5.32 Å². The summed E-state index contributed by atoms with van der Waals surface area (Å²) in [5.41, 5.74) is 1.34. The van der Waals surface area contributed by atoms with Crippen molar-refractivity contribution in [3.05, 3.63) is 58.0 Å². The van der Waals surface area contributed by atoms with Crippen molar-refractivity contribution in [3.63, 3.8) is 0 Å². The number of thiocarbonyl (C=S) groups is 1. The van der Waals surface area contributed by atoms with E-state index in [1.54, 1.807) is 53.4 Å². The van der Waals surface area contributed by atoms with Gasteiger partial charge in [-0.15, -0.1) is 0 Å². The van der Waals surface area contributed by atoms with Crippen LogP contribution < -0.4 is 14.8 Å². The van der Waals surface area contributed by atoms with Crippen LogP contribution in [0.4, 0.5) is 5.69 Å². The van der Waals surface area contributed by atoms with Gasteiger partial charge in [-0.25, -0.2) is 0 Å². The van der Waals surface area contributed by atoms with Gasteiger partial charge in [-0.2, -0.15) is 0 Å². The maximum Gasteiger partial charge on any atom is 0.266 e. The van der Waals surface area contributed by atoms with Crippen molar-refractivity contribution in [1.29, 1.82) is 0 Å². The fourth-order valence-corrected chi connectivity index (χ4v) is 5.07. The number of rotatable bonds is 8. The zero-order valence-corrected chi connectivity index (χ0v) is 20.8. The topological polar surface area (TPSA) is 77.1 Å². The molecule has 2 aliphatic rings. The molecule has 0 unspecified atom stereocenters. The molecule has 2 fully saturated rings. The first-order valence-electron chi connectivity index (χ1n) is 10.7. The Morgan fingerprint density at radius 1 is 1.32 bits per heavy atom. The fourth-order valence-electron chi connectivity index (χ4n) is 3.60. The Bertz CT molecular complexity index is 1130. The Kier molecular flexibility index (Phi) is 8.10. The largest absolute Gasteiger partial charge is 0.493 e. The number of halogens is 1. The van der Waals surface area contributed by atoms with E-state index in [4.69, 9.17) is 38.0 Å². The molecule has 0 radical (unpaired) electrons. The van der Waals surface area contributed by atoms with Crippen LogP contribution in [0.25, 0.3) is 6.08 Å². The van der Waals surface area contributed by atoms with Crippen molar-refractivity contribution < 1.29 is 23.8 Å². The second kappa shape index (κ2) is 11.2. The molecule has 178 valence electrons. The highest BCUT2D eigenvalue weighted by atomic mass is 35.5. The molecular formula is C24H23ClN2O5S2. The van der Waals surface area contributed by atoms with Crippen LogP contribution in [0.5, 0.6) is 11.5 Å². The number of ether oxygens (including phenoxy) is 3. The van der Waals surface area contributed by atoms with Crippen LogP contribution in [0.15, 0.2) is 47.4 Å². The van der Waals surface area contributed by atoms with E-state index in [0.717, 1.165) is 25.0 Å². The summed E-state index contributed by atoms with van der Waals surface area (Å²) in [6, 6.07) is 12.1. The number of carbonyl (C=O) groups excluding carboxylic acids is 2. The van der Waals surface area contributed by atoms with Crippen LogP contribution in [-0.4, -0.2) is 54.0 Å². The molecule has 0 spiro atoms. The smallest absolute Gasteiger partial charge is 0.266 e. The Morgan fingerprint density at radius 3 is 2.91 bits per heavy atom. The minimum absolute atomic E-state index is 0.0365. The van der Waals surface area contributed by atoms with Crippen LogP contribution in [0, 0.1) is 0 Å². The Hall–Kier alpha value is -2.59. The number of thioether (sulfide) groups is 1. The van der Waals surface area contributed by atoms with E-state index in [-0.39, 0.29) is 24.5 Å². The molecule has 0 bridgehead atoms. The summed E-state index contributed by atoms with van der Waals surface area (Å²) in [4.78, 5) is 27.2. The molecular weight excluding hydrogens is 496 g/mol. The minimum Gasteiger partial charge on any atom is -0.493 e. The predicted octanol–water partition coefficient (Wildman–Crippen LogP) is 4.75. The van der Waals surface area contributed by atoms with E-state index in [0.29, 0.717) is 38.0 Å². The molecule has 2 aromatic rings. The third-order valence-corrected chi connectivity index (χ3v) is 6.85. The van der Waals surface area contributed by atoms with Gasteiger partial charge < -0.3 is 19.5 Å². The second-order valence-corrected chi connectivity index (χ2v) is 9.80. The maximum absolute atomic E-state index is 12.9. The highest BCUT2D eigenvalue weighted by Crippen LogP contribution is 2.35. The maximum atomic E-state index is 12.9. The van der Waals surface area contributed by atoms with Crippen LogP contribution in [0.2, 0.25) is 5.02 Å². The van der Waals surface area contributed by atoms with E-state index in [1.165, 1.54) is 18.9 Å². The summed E-state index contributed by atoms with van der Waals surface area (Å²) >= 11 is 12.6. The first-order chi connectivity index (χ1) is 16.4. The first kappa shape index (κ1) is 24.5. The summed E-state index contributed by atoms with van der Waals surface area (Å²) in [5.74, 6) is 0.400. The Labute approximate surface area is 212 Å². The molecule has 2 aromatic carbocycles. The van der Waals surface area contributed by atoms with Crippen molar-refractivity contribution in [1.82, 2.24) is 4.90 Å². The molecule has 1 atom stereocenters. The molecule has 7 nitrogen and oxygen atoms in total. The van der Waals surface area contributed by atoms with Gasteiger partial charge in [0.25, 0.3) is 11.8 Å². The lowest BCUT2D eigenvalue weighted by atomic mass is 10.1. The lowest BCUT2D eigenvalue weighted by Crippen LogP contribution is -2.35. The molecule has 1 N–H and O–H groups in total. The average Bonchev–Trinajstić information content (AvgIpc) is 3.42. The molecule has 34 heavy (non-hydrogen) atoms. The third-order valence-electron chi connectivity index (χ3n) is 5.24. The third kappa shape index (κ3) is 6.09. The normalized spacial score (nSPS) is 19.1. The number of amides is 2. The summed E-state index contributed by atoms with van der Waals surface area (Å²) < 4.78 is 17.2. The van der Waals surface area contributed by atoms with Crippen molar-refractivity contribution in [2.24, 2.45) is 0 Å². The molecule has 0 saturated carbocycles. The highest BCUT2D eigenvalue weighted by molar-refractivity contribution is 8.26. The number of methoxy groups -OCH3 is 1. The molecule has 4 rings (SSSR count). The standard InChI is InChI=1S/C24H23ClN2O5S2/c1-30-20-10-15(11-21-23(29)27(24(33)34-21)13-18-6-3-9-31-18)7-8-19(20)32-14-22(28)26-17-5-2-4-16(25)12-17/h2,4-5,7-8,10-12,18H,3,6,9,13-14H2,1H3,(H,26,28)/b21-11-/t18-/m0/s1. The average molecular weight is 519 g/mol. The van der Waals surface area contributed by atoms with Crippen LogP contribution in [0.3, 0.4) is 0 Å². The number of anilines is 1. The van der Waals surface area contributed by atoms with Crippen LogP contribution >= 0.6 is 35.6 Å². The molecule has 10 heteroatoms. The van der Waals surface area contributed by atoms with Gasteiger partial charge in [0.15, 0.2) is 18.1 Å². The second-order valence-electron chi connectivity index (χ2n) is 7.68. The van der Waals surface area contributed by atoms with Gasteiger partial charge in [0.1, 0.15) is 4.32 Å². The Balaban J connectivity index is 1.39. The highest BCUT2D eigenvalue weighted by Gasteiger charge is 2.34. The fraction of sp³-hybridized carbons (Fsp3) is 0.292. The predicted molar refractivity (Wildman–Crippen MR) is 137 cm³/mol. The van der Waals surface area contributed by atoms with Crippen molar-refractivity contribution in [2.45, 2.75) is 18.9 Å². The van der Waals surface area contributed by atoms with Gasteiger partial charge in [0.2, 0.25) is 0 Å². The van der Waals surface area contributed by atoms with Crippen molar-refractivity contribution >= 4 is 63.5 Å². The van der Waals surface area contributed by atoms with Gasteiger partial charge in [0, 0.05) is 17.3 Å². The molecule has 2 amide bonds. The molecule has 2 heterocycles. The quantitative estimate of drug-likeness (QED) is 0.399. The zero-order chi connectivity index (χ0) is 24.1. The number of carbonyl (C=O) groups is 2. The zero-order valence-electron chi connectivity index (χ0n) is 18.4. The van der Waals surface area contributed by atoms with Crippen LogP contribution in [0.1, 0.15) is 18.4 Å². The van der Waals surface area contributed by atoms with Crippen molar-refractivity contribution in [3.8, 4) is 11.5 Å². The van der Waals surface area contributed by atoms with Gasteiger partial charge >= 0.3 is 0 Å². The number of hydrogen-bond acceptors (Lipinski definition) is 7. The van der Waals surface area contributed by atoms with E-state index in [9.17, 15) is 9.59 Å². The van der Waals surface area contributed by atoms with Crippen molar-refractivity contribution in [2.75, 3.05) is 32.2 Å². The van der Waals surface area contributed by atoms with Gasteiger partial charge in [-0.05, 0) is 54.8 Å². The minimum atomic E-state index is -0.330. The monoisotopic (exact) mass is 518 g/mol. The van der Waals surface area contributed by atoms with E-state index < -0.39 is 0 Å². The first-order valence-corrected chi connectivity index (χ1v) is 12.3. The van der Waals surface area contributed by atoms with Crippen LogP contribution in [-0.2, 0) is 14.3 Å². The summed E-state index contributed by atoms with van der Waals surface area (Å²) in [7, 11) is 1.51. The number of nitrogens with zero attached hydrogens (tertiary/aromatic N) is 1. The van der Waals surface area contributed by atoms with Gasteiger partial charge in [-0.3, -0.25) is 14.5 Å². The number of hydrogen-bond donors (Lipinski definition) is 1. The van der Waals surface area contributed by atoms with Gasteiger partial charge in [-0.1, -0.05) is 47.7 Å². The van der Waals surface area contributed by atoms with Gasteiger partial charge in [0.05, 0.1) is 24.7 Å². The molecule has 2 aliphatic heterocycles. The number of nitrogens with one attached hydrogen (secondary N) is 1. The lowest BCUT2D eigenvalue weighted by Gasteiger charge is -2.18. The SMILES string of the molecule is COc1cc(/C=C2\SC(=S)N(C[C@@H]3CCCO3)C2=O)ccc1OCC(=O)Nc1cccc(Cl)c1. The molecule has 2 saturated heterocycles. The summed E-state index contributed by atoms with van der Waals surface area (Å²) in [6.07, 6.45) is 3.75. The summed E-state index contributed by atoms with van der Waals surface area (Å²) in [5, 5.41) is 3.25. The Morgan fingerprint density at radius 2 is 2.18 bits per heavy atom.